The fourth-order valence-electron chi connectivity index (χ4n) is 8.18. The first-order chi connectivity index (χ1) is 27.7. The summed E-state index contributed by atoms with van der Waals surface area (Å²) in [5, 5.41) is 7.18. The Morgan fingerprint density at radius 2 is 0.911 bits per heavy atom. The van der Waals surface area contributed by atoms with E-state index in [1.165, 1.54) is 42.1 Å². The molecule has 2 aromatic heterocycles. The molecule has 9 aromatic carbocycles. The Bertz CT molecular complexity index is 3150. The average Bonchev–Trinajstić information content (AvgIpc) is 3.82. The molecule has 0 saturated carbocycles. The second-order valence-electron chi connectivity index (χ2n) is 14.2. The third kappa shape index (κ3) is 5.50. The number of hydrogen-bond donors (Lipinski definition) is 0. The van der Waals surface area contributed by atoms with Crippen LogP contribution in [0.5, 0.6) is 0 Å². The first-order valence-corrected chi connectivity index (χ1v) is 19.7. The highest BCUT2D eigenvalue weighted by Crippen LogP contribution is 2.50. The number of para-hydroxylation sites is 3. The standard InChI is InChI=1S/C52H34N2OS/c1-4-14-35(15-5-1)36-24-26-41(27-25-36)53(42-28-29-49-45(32-42)44-22-12-13-23-48(44)55-49)43-33-47(54(39-18-6-2-7-19-39)40-20-8-3-9-21-40)52-46-30-37-16-10-11-17-38(37)31-50(46)56-51(52)34-43/h1-34H. The maximum atomic E-state index is 6.31. The first kappa shape index (κ1) is 32.3. The third-order valence-corrected chi connectivity index (χ3v) is 11.9. The van der Waals surface area contributed by atoms with Gasteiger partial charge in [-0.3, -0.25) is 0 Å². The third-order valence-electron chi connectivity index (χ3n) is 10.8. The molecule has 3 nitrogen and oxygen atoms in total. The molecule has 0 aliphatic rings. The molecule has 0 saturated heterocycles. The molecule has 0 N–H and O–H groups in total. The van der Waals surface area contributed by atoms with Gasteiger partial charge in [-0.1, -0.05) is 121 Å². The van der Waals surface area contributed by atoms with Gasteiger partial charge in [0.15, 0.2) is 0 Å². The van der Waals surface area contributed by atoms with Crippen LogP contribution in [-0.2, 0) is 0 Å². The van der Waals surface area contributed by atoms with Crippen LogP contribution in [0.15, 0.2) is 211 Å². The Kier molecular flexibility index (Phi) is 7.68. The maximum Gasteiger partial charge on any atom is 0.135 e. The van der Waals surface area contributed by atoms with Crippen LogP contribution in [0.4, 0.5) is 34.1 Å². The topological polar surface area (TPSA) is 19.6 Å². The predicted molar refractivity (Wildman–Crippen MR) is 239 cm³/mol. The lowest BCUT2D eigenvalue weighted by atomic mass is 10.0. The van der Waals surface area contributed by atoms with Crippen LogP contribution in [0.3, 0.4) is 0 Å². The number of anilines is 6. The number of thiophene rings is 1. The summed E-state index contributed by atoms with van der Waals surface area (Å²) in [5.41, 5.74) is 10.7. The van der Waals surface area contributed by atoms with E-state index in [9.17, 15) is 0 Å². The van der Waals surface area contributed by atoms with Gasteiger partial charge in [-0.25, -0.2) is 0 Å². The van der Waals surface area contributed by atoms with Crippen LogP contribution in [0.2, 0.25) is 0 Å². The molecule has 0 radical (unpaired) electrons. The van der Waals surface area contributed by atoms with Gasteiger partial charge in [0, 0.05) is 59.4 Å². The summed E-state index contributed by atoms with van der Waals surface area (Å²) < 4.78 is 8.80. The molecule has 0 spiro atoms. The summed E-state index contributed by atoms with van der Waals surface area (Å²) >= 11 is 1.86. The first-order valence-electron chi connectivity index (χ1n) is 18.9. The zero-order valence-electron chi connectivity index (χ0n) is 30.3. The molecule has 56 heavy (non-hydrogen) atoms. The van der Waals surface area contributed by atoms with Gasteiger partial charge in [0.25, 0.3) is 0 Å². The van der Waals surface area contributed by atoms with Gasteiger partial charge < -0.3 is 14.2 Å². The van der Waals surface area contributed by atoms with Gasteiger partial charge >= 0.3 is 0 Å². The number of hydrogen-bond acceptors (Lipinski definition) is 4. The van der Waals surface area contributed by atoms with Crippen molar-refractivity contribution in [1.29, 1.82) is 0 Å². The fourth-order valence-corrected chi connectivity index (χ4v) is 9.37. The van der Waals surface area contributed by atoms with E-state index in [2.05, 4.69) is 204 Å². The lowest BCUT2D eigenvalue weighted by Gasteiger charge is -2.30. The minimum Gasteiger partial charge on any atom is -0.456 e. The Morgan fingerprint density at radius 1 is 0.339 bits per heavy atom. The Balaban J connectivity index is 1.21. The van der Waals surface area contributed by atoms with Crippen LogP contribution in [0.25, 0.3) is 64.0 Å². The molecule has 2 heterocycles. The lowest BCUT2D eigenvalue weighted by Crippen LogP contribution is -2.13. The molecule has 11 rings (SSSR count). The Morgan fingerprint density at radius 3 is 1.64 bits per heavy atom. The van der Waals surface area contributed by atoms with Crippen LogP contribution in [0.1, 0.15) is 0 Å². The predicted octanol–water partition coefficient (Wildman–Crippen LogP) is 15.7. The molecule has 0 bridgehead atoms. The van der Waals surface area contributed by atoms with Crippen molar-refractivity contribution in [2.45, 2.75) is 0 Å². The fraction of sp³-hybridized carbons (Fsp3) is 0. The lowest BCUT2D eigenvalue weighted by molar-refractivity contribution is 0.669. The quantitative estimate of drug-likeness (QED) is 0.163. The molecular formula is C52H34N2OS. The Labute approximate surface area is 328 Å². The normalized spacial score (nSPS) is 11.6. The van der Waals surface area contributed by atoms with Crippen LogP contribution in [0, 0.1) is 0 Å². The van der Waals surface area contributed by atoms with Crippen molar-refractivity contribution in [3.8, 4) is 11.1 Å². The maximum absolute atomic E-state index is 6.31. The van der Waals surface area contributed by atoms with Crippen LogP contribution in [-0.4, -0.2) is 0 Å². The van der Waals surface area contributed by atoms with E-state index in [1.807, 2.05) is 23.5 Å². The van der Waals surface area contributed by atoms with Crippen molar-refractivity contribution in [3.63, 3.8) is 0 Å². The molecule has 4 heteroatoms. The minimum atomic E-state index is 0.876. The van der Waals surface area contributed by atoms with E-state index in [0.29, 0.717) is 0 Å². The van der Waals surface area contributed by atoms with Crippen LogP contribution >= 0.6 is 11.3 Å². The number of fused-ring (bicyclic) bond motifs is 7. The highest BCUT2D eigenvalue weighted by atomic mass is 32.1. The summed E-state index contributed by atoms with van der Waals surface area (Å²) in [6, 6.07) is 74.0. The number of nitrogens with zero attached hydrogens (tertiary/aromatic N) is 2. The monoisotopic (exact) mass is 734 g/mol. The molecule has 264 valence electrons. The van der Waals surface area contributed by atoms with E-state index in [1.54, 1.807) is 0 Å². The number of furan rings is 1. The smallest absolute Gasteiger partial charge is 0.135 e. The Hall–Kier alpha value is -7.14. The van der Waals surface area contributed by atoms with E-state index >= 15 is 0 Å². The van der Waals surface area contributed by atoms with Gasteiger partial charge in [-0.05, 0) is 107 Å². The van der Waals surface area contributed by atoms with Crippen molar-refractivity contribution in [2.75, 3.05) is 9.80 Å². The summed E-state index contributed by atoms with van der Waals surface area (Å²) in [5.74, 6) is 0. The van der Waals surface area contributed by atoms with E-state index < -0.39 is 0 Å². The van der Waals surface area contributed by atoms with Gasteiger partial charge in [0.2, 0.25) is 0 Å². The van der Waals surface area contributed by atoms with E-state index in [0.717, 1.165) is 56.1 Å². The molecule has 0 unspecified atom stereocenters. The number of benzene rings is 9. The molecule has 0 aliphatic carbocycles. The highest BCUT2D eigenvalue weighted by molar-refractivity contribution is 7.26. The van der Waals surface area contributed by atoms with Crippen LogP contribution < -0.4 is 9.80 Å². The minimum absolute atomic E-state index is 0.876. The van der Waals surface area contributed by atoms with E-state index in [-0.39, 0.29) is 0 Å². The molecule has 0 amide bonds. The SMILES string of the molecule is c1ccc(-c2ccc(N(c3cc(N(c4ccccc4)c4ccccc4)c4c(c3)sc3cc5ccccc5cc34)c3ccc4oc5ccccc5c4c3)cc2)cc1. The van der Waals surface area contributed by atoms with Crippen molar-refractivity contribution in [2.24, 2.45) is 0 Å². The van der Waals surface area contributed by atoms with Crippen molar-refractivity contribution < 1.29 is 4.42 Å². The second kappa shape index (κ2) is 13.3. The van der Waals surface area contributed by atoms with Gasteiger partial charge in [0.1, 0.15) is 11.2 Å². The molecule has 0 aliphatic heterocycles. The van der Waals surface area contributed by atoms with Crippen molar-refractivity contribution in [1.82, 2.24) is 0 Å². The van der Waals surface area contributed by atoms with E-state index in [4.69, 9.17) is 4.42 Å². The summed E-state index contributed by atoms with van der Waals surface area (Å²) in [7, 11) is 0. The second-order valence-corrected chi connectivity index (χ2v) is 15.3. The average molecular weight is 735 g/mol. The molecule has 0 atom stereocenters. The molecule has 11 aromatic rings. The van der Waals surface area contributed by atoms with Crippen molar-refractivity contribution in [3.05, 3.63) is 206 Å². The van der Waals surface area contributed by atoms with Crippen molar-refractivity contribution >= 4 is 98.3 Å². The molecular weight excluding hydrogens is 701 g/mol. The molecule has 0 fully saturated rings. The van der Waals surface area contributed by atoms with Gasteiger partial charge in [-0.2, -0.15) is 0 Å². The summed E-state index contributed by atoms with van der Waals surface area (Å²) in [4.78, 5) is 4.81. The zero-order valence-corrected chi connectivity index (χ0v) is 31.2. The highest BCUT2D eigenvalue weighted by Gasteiger charge is 2.24. The number of rotatable bonds is 7. The summed E-state index contributed by atoms with van der Waals surface area (Å²) in [6.07, 6.45) is 0. The van der Waals surface area contributed by atoms with Gasteiger partial charge in [-0.15, -0.1) is 11.3 Å². The van der Waals surface area contributed by atoms with Gasteiger partial charge in [0.05, 0.1) is 5.69 Å². The zero-order chi connectivity index (χ0) is 37.0. The summed E-state index contributed by atoms with van der Waals surface area (Å²) in [6.45, 7) is 0. The largest absolute Gasteiger partial charge is 0.456 e.